The van der Waals surface area contributed by atoms with Gasteiger partial charge in [0.15, 0.2) is 0 Å². The fourth-order valence-electron chi connectivity index (χ4n) is 2.80. The van der Waals surface area contributed by atoms with Crippen LogP contribution in [0.3, 0.4) is 0 Å². The number of fused-ring (bicyclic) bond motifs is 1. The van der Waals surface area contributed by atoms with Crippen molar-refractivity contribution < 1.29 is 4.79 Å². The first-order valence-electron chi connectivity index (χ1n) is 6.88. The largest absolute Gasteiger partial charge is 0.335 e. The number of hydrogen-bond acceptors (Lipinski definition) is 4. The van der Waals surface area contributed by atoms with E-state index in [1.165, 1.54) is 0 Å². The zero-order valence-electron chi connectivity index (χ0n) is 11.5. The highest BCUT2D eigenvalue weighted by Gasteiger charge is 2.27. The fraction of sp³-hybridized carbons (Fsp3) is 0.333. The molecule has 1 aliphatic rings. The SMILES string of the molecule is CC1CCCN1C(=O)c1cc2ccccc2c(NN)n1. The highest BCUT2D eigenvalue weighted by molar-refractivity contribution is 6.00. The summed E-state index contributed by atoms with van der Waals surface area (Å²) in [5.74, 6) is 6.05. The first kappa shape index (κ1) is 12.9. The molecule has 20 heavy (non-hydrogen) atoms. The van der Waals surface area contributed by atoms with E-state index in [2.05, 4.69) is 17.3 Å². The Morgan fingerprint density at radius 3 is 2.95 bits per heavy atom. The van der Waals surface area contributed by atoms with Gasteiger partial charge in [0.25, 0.3) is 5.91 Å². The maximum Gasteiger partial charge on any atom is 0.272 e. The van der Waals surface area contributed by atoms with Crippen molar-refractivity contribution in [3.63, 3.8) is 0 Å². The van der Waals surface area contributed by atoms with E-state index < -0.39 is 0 Å². The van der Waals surface area contributed by atoms with Gasteiger partial charge in [-0.15, -0.1) is 0 Å². The Labute approximate surface area is 117 Å². The van der Waals surface area contributed by atoms with E-state index >= 15 is 0 Å². The number of aromatic nitrogens is 1. The standard InChI is InChI=1S/C15H18N4O/c1-10-5-4-8-19(10)15(20)13-9-11-6-2-3-7-12(11)14(17-13)18-16/h2-3,6-7,9-10H,4-5,8,16H2,1H3,(H,17,18). The molecule has 0 saturated carbocycles. The van der Waals surface area contributed by atoms with Crippen molar-refractivity contribution in [3.8, 4) is 0 Å². The van der Waals surface area contributed by atoms with Gasteiger partial charge < -0.3 is 10.3 Å². The first-order chi connectivity index (χ1) is 9.70. The van der Waals surface area contributed by atoms with Crippen molar-refractivity contribution >= 4 is 22.5 Å². The van der Waals surface area contributed by atoms with E-state index in [0.29, 0.717) is 11.5 Å². The second-order valence-corrected chi connectivity index (χ2v) is 5.21. The van der Waals surface area contributed by atoms with Crippen molar-refractivity contribution in [2.75, 3.05) is 12.0 Å². The lowest BCUT2D eigenvalue weighted by molar-refractivity contribution is 0.0742. The molecule has 1 saturated heterocycles. The molecule has 0 aliphatic carbocycles. The molecule has 2 heterocycles. The molecule has 1 amide bonds. The van der Waals surface area contributed by atoms with Gasteiger partial charge in [0.1, 0.15) is 11.5 Å². The Hall–Kier alpha value is -2.14. The number of anilines is 1. The summed E-state index contributed by atoms with van der Waals surface area (Å²) in [4.78, 5) is 18.8. The van der Waals surface area contributed by atoms with Gasteiger partial charge >= 0.3 is 0 Å². The quantitative estimate of drug-likeness (QED) is 0.648. The third kappa shape index (κ3) is 2.10. The molecule has 0 spiro atoms. The molecule has 3 rings (SSSR count). The molecule has 5 heteroatoms. The molecule has 0 bridgehead atoms. The third-order valence-corrected chi connectivity index (χ3v) is 3.91. The van der Waals surface area contributed by atoms with Gasteiger partial charge in [-0.05, 0) is 31.2 Å². The minimum atomic E-state index is -0.0164. The van der Waals surface area contributed by atoms with Gasteiger partial charge in [0.2, 0.25) is 0 Å². The normalized spacial score (nSPS) is 18.5. The van der Waals surface area contributed by atoms with Gasteiger partial charge in [0.05, 0.1) is 0 Å². The second kappa shape index (κ2) is 5.09. The summed E-state index contributed by atoms with van der Waals surface area (Å²) in [5.41, 5.74) is 3.03. The lowest BCUT2D eigenvalue weighted by Crippen LogP contribution is -2.34. The monoisotopic (exact) mass is 270 g/mol. The van der Waals surface area contributed by atoms with Crippen molar-refractivity contribution in [1.82, 2.24) is 9.88 Å². The number of carbonyl (C=O) groups is 1. The van der Waals surface area contributed by atoms with Crippen molar-refractivity contribution in [2.24, 2.45) is 5.84 Å². The Morgan fingerprint density at radius 2 is 2.25 bits per heavy atom. The predicted octanol–water partition coefficient (Wildman–Crippen LogP) is 2.14. The number of nitrogens with two attached hydrogens (primary N) is 1. The smallest absolute Gasteiger partial charge is 0.272 e. The molecule has 104 valence electrons. The van der Waals surface area contributed by atoms with Crippen LogP contribution < -0.4 is 11.3 Å². The number of nitrogens with one attached hydrogen (secondary N) is 1. The third-order valence-electron chi connectivity index (χ3n) is 3.91. The number of pyridine rings is 1. The number of nitrogens with zero attached hydrogens (tertiary/aromatic N) is 2. The van der Waals surface area contributed by atoms with Gasteiger partial charge in [-0.2, -0.15) is 0 Å². The molecule has 2 aromatic rings. The van der Waals surface area contributed by atoms with E-state index in [4.69, 9.17) is 5.84 Å². The Balaban J connectivity index is 2.05. The van der Waals surface area contributed by atoms with Gasteiger partial charge in [0, 0.05) is 18.0 Å². The van der Waals surface area contributed by atoms with Crippen LogP contribution >= 0.6 is 0 Å². The van der Waals surface area contributed by atoms with E-state index in [-0.39, 0.29) is 11.9 Å². The van der Waals surface area contributed by atoms with Crippen LogP contribution in [-0.4, -0.2) is 28.4 Å². The number of benzene rings is 1. The molecule has 1 aromatic heterocycles. The zero-order valence-corrected chi connectivity index (χ0v) is 11.5. The Morgan fingerprint density at radius 1 is 1.45 bits per heavy atom. The van der Waals surface area contributed by atoms with Crippen LogP contribution in [0.25, 0.3) is 10.8 Å². The lowest BCUT2D eigenvalue weighted by atomic mass is 10.1. The van der Waals surface area contributed by atoms with Crippen LogP contribution in [0, 0.1) is 0 Å². The summed E-state index contributed by atoms with van der Waals surface area (Å²) >= 11 is 0. The zero-order chi connectivity index (χ0) is 14.1. The summed E-state index contributed by atoms with van der Waals surface area (Å²) in [7, 11) is 0. The van der Waals surface area contributed by atoms with E-state index in [1.54, 1.807) is 0 Å². The van der Waals surface area contributed by atoms with Gasteiger partial charge in [-0.1, -0.05) is 24.3 Å². The van der Waals surface area contributed by atoms with Crippen LogP contribution in [0.4, 0.5) is 5.82 Å². The fourth-order valence-corrected chi connectivity index (χ4v) is 2.80. The van der Waals surface area contributed by atoms with E-state index in [1.807, 2.05) is 35.2 Å². The molecular weight excluding hydrogens is 252 g/mol. The average Bonchev–Trinajstić information content (AvgIpc) is 2.91. The summed E-state index contributed by atoms with van der Waals surface area (Å²) in [6.45, 7) is 2.88. The molecule has 1 aliphatic heterocycles. The van der Waals surface area contributed by atoms with Crippen molar-refractivity contribution in [1.29, 1.82) is 0 Å². The molecule has 5 nitrogen and oxygen atoms in total. The van der Waals surface area contributed by atoms with Crippen LogP contribution in [0.5, 0.6) is 0 Å². The van der Waals surface area contributed by atoms with Crippen LogP contribution in [-0.2, 0) is 0 Å². The number of carbonyl (C=O) groups excluding carboxylic acids is 1. The maximum absolute atomic E-state index is 12.6. The second-order valence-electron chi connectivity index (χ2n) is 5.21. The summed E-state index contributed by atoms with van der Waals surface area (Å²) < 4.78 is 0. The molecule has 3 N–H and O–H groups in total. The number of amides is 1. The van der Waals surface area contributed by atoms with Gasteiger partial charge in [-0.25, -0.2) is 10.8 Å². The van der Waals surface area contributed by atoms with Crippen LogP contribution in [0.1, 0.15) is 30.3 Å². The Bertz CT molecular complexity index is 655. The summed E-state index contributed by atoms with van der Waals surface area (Å²) in [5, 5.41) is 1.88. The van der Waals surface area contributed by atoms with Crippen LogP contribution in [0.2, 0.25) is 0 Å². The Kier molecular flexibility index (Phi) is 3.28. The number of hydrogen-bond donors (Lipinski definition) is 2. The number of hydrazine groups is 1. The molecule has 1 aromatic carbocycles. The molecule has 0 radical (unpaired) electrons. The van der Waals surface area contributed by atoms with Crippen molar-refractivity contribution in [2.45, 2.75) is 25.8 Å². The predicted molar refractivity (Wildman–Crippen MR) is 79.3 cm³/mol. The highest BCUT2D eigenvalue weighted by Crippen LogP contribution is 2.24. The topological polar surface area (TPSA) is 71.2 Å². The summed E-state index contributed by atoms with van der Waals surface area (Å²) in [6.07, 6.45) is 2.11. The molecule has 1 fully saturated rings. The van der Waals surface area contributed by atoms with E-state index in [9.17, 15) is 4.79 Å². The minimum Gasteiger partial charge on any atom is -0.335 e. The summed E-state index contributed by atoms with van der Waals surface area (Å²) in [6, 6.07) is 9.88. The minimum absolute atomic E-state index is 0.0164. The number of rotatable bonds is 2. The first-order valence-corrected chi connectivity index (χ1v) is 6.88. The lowest BCUT2D eigenvalue weighted by Gasteiger charge is -2.21. The van der Waals surface area contributed by atoms with Crippen LogP contribution in [0.15, 0.2) is 30.3 Å². The molecular formula is C15H18N4O. The maximum atomic E-state index is 12.6. The van der Waals surface area contributed by atoms with E-state index in [0.717, 1.165) is 30.2 Å². The molecule has 1 atom stereocenters. The van der Waals surface area contributed by atoms with Gasteiger partial charge in [-0.3, -0.25) is 4.79 Å². The highest BCUT2D eigenvalue weighted by atomic mass is 16.2. The average molecular weight is 270 g/mol. The number of likely N-dealkylation sites (tertiary alicyclic amines) is 1. The number of nitrogen functional groups attached to an aromatic ring is 1. The molecule has 1 unspecified atom stereocenters. The van der Waals surface area contributed by atoms with Crippen molar-refractivity contribution in [3.05, 3.63) is 36.0 Å².